The van der Waals surface area contributed by atoms with Crippen molar-refractivity contribution < 1.29 is 5.11 Å². The Balaban J connectivity index is 0.000000238. The van der Waals surface area contributed by atoms with E-state index in [0.717, 1.165) is 11.3 Å². The number of rotatable bonds is 6. The Kier molecular flexibility index (Phi) is 7.06. The zero-order valence-electron chi connectivity index (χ0n) is 12.4. The van der Waals surface area contributed by atoms with Crippen molar-refractivity contribution in [2.24, 2.45) is 0 Å². The first-order valence-corrected chi connectivity index (χ1v) is 8.96. The first kappa shape index (κ1) is 17.6. The highest BCUT2D eigenvalue weighted by Crippen LogP contribution is 2.24. The van der Waals surface area contributed by atoms with E-state index in [-0.39, 0.29) is 6.10 Å². The van der Waals surface area contributed by atoms with Crippen LogP contribution in [0.2, 0.25) is 10.0 Å². The maximum Gasteiger partial charge on any atom is 0.0754 e. The van der Waals surface area contributed by atoms with Gasteiger partial charge in [0.25, 0.3) is 0 Å². The largest absolute Gasteiger partial charge is 0.391 e. The van der Waals surface area contributed by atoms with Crippen molar-refractivity contribution in [1.82, 2.24) is 5.32 Å². The van der Waals surface area contributed by atoms with E-state index in [1.165, 1.54) is 10.4 Å². The van der Waals surface area contributed by atoms with Crippen LogP contribution in [0.4, 0.5) is 0 Å². The van der Waals surface area contributed by atoms with Crippen molar-refractivity contribution in [3.63, 3.8) is 0 Å². The van der Waals surface area contributed by atoms with Gasteiger partial charge in [-0.3, -0.25) is 0 Å². The van der Waals surface area contributed by atoms with Gasteiger partial charge in [-0.1, -0.05) is 53.5 Å². The van der Waals surface area contributed by atoms with Crippen molar-refractivity contribution in [2.45, 2.75) is 11.9 Å². The van der Waals surface area contributed by atoms with E-state index in [2.05, 4.69) is 29.6 Å². The minimum atomic E-state index is -0.318. The Labute approximate surface area is 145 Å². The molecule has 0 saturated heterocycles. The van der Waals surface area contributed by atoms with Crippen molar-refractivity contribution in [3.05, 3.63) is 68.5 Å². The van der Waals surface area contributed by atoms with Crippen LogP contribution < -0.4 is 5.32 Å². The van der Waals surface area contributed by atoms with Gasteiger partial charge in [0, 0.05) is 28.1 Å². The van der Waals surface area contributed by atoms with Gasteiger partial charge in [-0.05, 0) is 35.2 Å². The van der Waals surface area contributed by atoms with Crippen LogP contribution in [0, 0.1) is 10.4 Å². The van der Waals surface area contributed by atoms with Gasteiger partial charge in [-0.2, -0.15) is 11.8 Å². The fraction of sp³-hybridized carbons (Fsp3) is 0.294. The van der Waals surface area contributed by atoms with Crippen molar-refractivity contribution in [2.75, 3.05) is 19.3 Å². The summed E-state index contributed by atoms with van der Waals surface area (Å²) >= 11 is 13.5. The minimum Gasteiger partial charge on any atom is -0.391 e. The van der Waals surface area contributed by atoms with E-state index in [1.54, 1.807) is 17.8 Å². The van der Waals surface area contributed by atoms with E-state index < -0.39 is 0 Å². The topological polar surface area (TPSA) is 32.3 Å². The van der Waals surface area contributed by atoms with Crippen molar-refractivity contribution in [1.29, 1.82) is 0 Å². The van der Waals surface area contributed by atoms with Gasteiger partial charge in [0.2, 0.25) is 0 Å². The standard InChI is InChI=1S/C11H15Cl2NOS.C6H4/c1-14-5-10(15)7-16-6-8-2-3-9(12)4-11(8)13;1-2-6-4-3-5(1)6/h2-4,10,14-15H,5-7H2,1H3;1-4H. The molecule has 0 bridgehead atoms. The lowest BCUT2D eigenvalue weighted by atomic mass is 10.1. The molecule has 0 heterocycles. The lowest BCUT2D eigenvalue weighted by Crippen LogP contribution is -2.25. The summed E-state index contributed by atoms with van der Waals surface area (Å²) in [5.41, 5.74) is 1.05. The molecule has 1 aromatic rings. The third-order valence-electron chi connectivity index (χ3n) is 3.24. The van der Waals surface area contributed by atoms with Gasteiger partial charge in [0.05, 0.1) is 6.10 Å². The molecule has 0 aliphatic heterocycles. The van der Waals surface area contributed by atoms with Crippen LogP contribution in [0.3, 0.4) is 0 Å². The van der Waals surface area contributed by atoms with Crippen LogP contribution in [0.15, 0.2) is 42.5 Å². The molecule has 2 aliphatic rings. The molecule has 1 atom stereocenters. The van der Waals surface area contributed by atoms with Gasteiger partial charge in [0.15, 0.2) is 0 Å². The highest BCUT2D eigenvalue weighted by Gasteiger charge is 2.05. The highest BCUT2D eigenvalue weighted by molar-refractivity contribution is 7.98. The molecule has 0 fully saturated rings. The quantitative estimate of drug-likeness (QED) is 0.698. The SMILES string of the molecule is CNCC(O)CSCc1ccc(Cl)cc1Cl.c1cc2ccc1=2. The molecule has 118 valence electrons. The predicted octanol–water partition coefficient (Wildman–Crippen LogP) is 4.09. The lowest BCUT2D eigenvalue weighted by Gasteiger charge is -2.09. The number of aliphatic hydroxyl groups excluding tert-OH is 1. The van der Waals surface area contributed by atoms with E-state index in [9.17, 15) is 5.11 Å². The summed E-state index contributed by atoms with van der Waals surface area (Å²) in [5.74, 6) is 1.48. The zero-order valence-corrected chi connectivity index (χ0v) is 14.7. The van der Waals surface area contributed by atoms with Crippen molar-refractivity contribution in [3.8, 4) is 0 Å². The molecule has 0 spiro atoms. The molecule has 22 heavy (non-hydrogen) atoms. The zero-order chi connectivity index (χ0) is 15.9. The average molecular weight is 356 g/mol. The third-order valence-corrected chi connectivity index (χ3v) is 4.96. The van der Waals surface area contributed by atoms with Crippen LogP contribution in [0.1, 0.15) is 5.56 Å². The predicted molar refractivity (Wildman–Crippen MR) is 96.7 cm³/mol. The Morgan fingerprint density at radius 3 is 2.18 bits per heavy atom. The number of nitrogens with one attached hydrogen (secondary N) is 1. The molecule has 2 aliphatic carbocycles. The van der Waals surface area contributed by atoms with Gasteiger partial charge in [-0.25, -0.2) is 0 Å². The molecular weight excluding hydrogens is 337 g/mol. The second-order valence-corrected chi connectivity index (χ2v) is 6.91. The summed E-state index contributed by atoms with van der Waals surface area (Å²) < 4.78 is 0. The Morgan fingerprint density at radius 1 is 1.09 bits per heavy atom. The van der Waals surface area contributed by atoms with E-state index in [4.69, 9.17) is 23.2 Å². The fourth-order valence-electron chi connectivity index (χ4n) is 1.90. The third kappa shape index (κ3) is 5.18. The maximum atomic E-state index is 9.50. The summed E-state index contributed by atoms with van der Waals surface area (Å²) in [6, 6.07) is 14.0. The number of aliphatic hydroxyl groups is 1. The molecule has 0 radical (unpaired) electrons. The Bertz CT molecular complexity index is 658. The molecule has 5 heteroatoms. The molecule has 2 nitrogen and oxygen atoms in total. The normalized spacial score (nSPS) is 12.4. The second-order valence-electron chi connectivity index (χ2n) is 5.04. The fourth-order valence-corrected chi connectivity index (χ4v) is 3.43. The number of hydrogen-bond donors (Lipinski definition) is 2. The number of benzene rings is 2. The molecular formula is C17H19Cl2NOS. The van der Waals surface area contributed by atoms with Gasteiger partial charge in [-0.15, -0.1) is 0 Å². The minimum absolute atomic E-state index is 0.318. The van der Waals surface area contributed by atoms with Crippen molar-refractivity contribution >= 4 is 35.0 Å². The number of likely N-dealkylation sites (N-methyl/N-ethyl adjacent to an activating group) is 1. The first-order valence-electron chi connectivity index (χ1n) is 7.05. The van der Waals surface area contributed by atoms with Crippen LogP contribution in [-0.2, 0) is 5.75 Å². The molecule has 0 amide bonds. The number of hydrogen-bond acceptors (Lipinski definition) is 3. The van der Waals surface area contributed by atoms with Crippen LogP contribution in [0.25, 0.3) is 0 Å². The second kappa shape index (κ2) is 8.80. The summed E-state index contributed by atoms with van der Waals surface area (Å²) in [4.78, 5) is 0. The molecule has 0 aromatic heterocycles. The summed E-state index contributed by atoms with van der Waals surface area (Å²) in [6.45, 7) is 0.612. The van der Waals surface area contributed by atoms with E-state index in [1.807, 2.05) is 19.2 Å². The molecule has 2 N–H and O–H groups in total. The first-order chi connectivity index (χ1) is 10.6. The Morgan fingerprint density at radius 2 is 1.73 bits per heavy atom. The van der Waals surface area contributed by atoms with Gasteiger partial charge < -0.3 is 10.4 Å². The van der Waals surface area contributed by atoms with E-state index in [0.29, 0.717) is 22.3 Å². The average Bonchev–Trinajstić information content (AvgIpc) is 2.46. The summed E-state index contributed by atoms with van der Waals surface area (Å²) in [6.07, 6.45) is -0.318. The smallest absolute Gasteiger partial charge is 0.0754 e. The molecule has 0 saturated carbocycles. The van der Waals surface area contributed by atoms with Crippen LogP contribution >= 0.6 is 35.0 Å². The molecule has 1 unspecified atom stereocenters. The lowest BCUT2D eigenvalue weighted by molar-refractivity contribution is 0.199. The monoisotopic (exact) mass is 355 g/mol. The van der Waals surface area contributed by atoms with Crippen LogP contribution in [0.5, 0.6) is 0 Å². The highest BCUT2D eigenvalue weighted by atomic mass is 35.5. The summed E-state index contributed by atoms with van der Waals surface area (Å²) in [7, 11) is 1.82. The van der Waals surface area contributed by atoms with E-state index >= 15 is 0 Å². The molecule has 3 rings (SSSR count). The number of thioether (sulfide) groups is 1. The van der Waals surface area contributed by atoms with Gasteiger partial charge in [0.1, 0.15) is 0 Å². The number of halogens is 2. The maximum absolute atomic E-state index is 9.50. The van der Waals surface area contributed by atoms with Gasteiger partial charge >= 0.3 is 0 Å². The molecule has 1 aromatic carbocycles. The summed E-state index contributed by atoms with van der Waals surface area (Å²) in [5, 5.41) is 16.6. The van der Waals surface area contributed by atoms with Crippen LogP contribution in [-0.4, -0.2) is 30.6 Å². The Hall–Kier alpha value is -0.710.